The quantitative estimate of drug-likeness (QED) is 0.228. The molecule has 0 aliphatic heterocycles. The predicted molar refractivity (Wildman–Crippen MR) is 147 cm³/mol. The Labute approximate surface area is 222 Å². The summed E-state index contributed by atoms with van der Waals surface area (Å²) in [6.07, 6.45) is 4.16. The molecule has 1 aliphatic rings. The number of rotatable bonds is 5. The van der Waals surface area contributed by atoms with Gasteiger partial charge in [-0.05, 0) is 68.0 Å². The van der Waals surface area contributed by atoms with Crippen molar-refractivity contribution >= 4 is 62.2 Å². The van der Waals surface area contributed by atoms with Crippen molar-refractivity contribution in [1.82, 2.24) is 4.57 Å². The molecule has 4 nitrogen and oxygen atoms in total. The Morgan fingerprint density at radius 3 is 2.56 bits per heavy atom. The van der Waals surface area contributed by atoms with E-state index in [0.29, 0.717) is 17.2 Å². The largest absolute Gasteiger partial charge is 0.462 e. The van der Waals surface area contributed by atoms with Crippen LogP contribution in [0.3, 0.4) is 0 Å². The molecule has 0 radical (unpaired) electrons. The molecule has 0 fully saturated rings. The second kappa shape index (κ2) is 11.0. The lowest BCUT2D eigenvalue weighted by atomic mass is 9.95. The summed E-state index contributed by atoms with van der Waals surface area (Å²) in [7, 11) is 0. The van der Waals surface area contributed by atoms with Crippen LogP contribution in [0.4, 0.5) is 5.00 Å². The lowest BCUT2D eigenvalue weighted by Gasteiger charge is -2.12. The fraction of sp³-hybridized carbons (Fsp3) is 0.231. The Balaban J connectivity index is 0.00000274. The maximum absolute atomic E-state index is 12.9. The summed E-state index contributed by atoms with van der Waals surface area (Å²) in [6.45, 7) is 2.20. The number of benzene rings is 2. The maximum Gasteiger partial charge on any atom is 0.341 e. The minimum Gasteiger partial charge on any atom is -0.462 e. The zero-order valence-corrected chi connectivity index (χ0v) is 22.7. The minimum atomic E-state index is -0.267. The highest BCUT2D eigenvalue weighted by atomic mass is 79.9. The Morgan fingerprint density at radius 1 is 1.09 bits per heavy atom. The summed E-state index contributed by atoms with van der Waals surface area (Å²) < 4.78 is 7.56. The van der Waals surface area contributed by atoms with Gasteiger partial charge < -0.3 is 4.74 Å². The Kier molecular flexibility index (Phi) is 8.09. The molecule has 0 atom stereocenters. The van der Waals surface area contributed by atoms with E-state index < -0.39 is 0 Å². The van der Waals surface area contributed by atoms with Crippen LogP contribution in [-0.4, -0.2) is 17.1 Å². The van der Waals surface area contributed by atoms with Gasteiger partial charge in [-0.1, -0.05) is 41.9 Å². The highest BCUT2D eigenvalue weighted by Gasteiger charge is 2.26. The van der Waals surface area contributed by atoms with E-state index in [2.05, 4.69) is 22.1 Å². The van der Waals surface area contributed by atoms with Crippen LogP contribution in [0, 0.1) is 0 Å². The molecular formula is C26H24BrClN2O2S2. The average Bonchev–Trinajstić information content (AvgIpc) is 3.41. The van der Waals surface area contributed by atoms with Crippen LogP contribution >= 0.6 is 51.3 Å². The van der Waals surface area contributed by atoms with Gasteiger partial charge in [-0.2, -0.15) is 0 Å². The number of carbonyl (C=O) groups is 1. The molecule has 34 heavy (non-hydrogen) atoms. The molecule has 4 aromatic rings. The number of thiazole rings is 1. The van der Waals surface area contributed by atoms with Gasteiger partial charge in [0.25, 0.3) is 0 Å². The Morgan fingerprint density at radius 2 is 1.82 bits per heavy atom. The number of ether oxygens (including phenoxy) is 1. The van der Waals surface area contributed by atoms with Gasteiger partial charge in [0.2, 0.25) is 0 Å². The number of aryl methyl sites for hydroxylation is 1. The Hall–Kier alpha value is -2.19. The third-order valence-electron chi connectivity index (χ3n) is 5.69. The standard InChI is InChI=1S/C26H23ClN2O2S2.BrH/c1-2-31-25(30)23-20-10-6-7-11-22(20)33-24(23)28-26-29(19-8-4-3-5-9-19)21(16-32-26)17-12-14-18(27)15-13-17;/h3-5,8-9,12-16H,2,6-7,10-11H2,1H3;1H/b28-26-;. The van der Waals surface area contributed by atoms with Gasteiger partial charge in [-0.3, -0.25) is 4.57 Å². The average molecular weight is 576 g/mol. The molecule has 0 unspecified atom stereocenters. The Bertz CT molecular complexity index is 1360. The van der Waals surface area contributed by atoms with Crippen molar-refractivity contribution in [1.29, 1.82) is 0 Å². The van der Waals surface area contributed by atoms with Crippen molar-refractivity contribution in [3.63, 3.8) is 0 Å². The zero-order chi connectivity index (χ0) is 22.8. The summed E-state index contributed by atoms with van der Waals surface area (Å²) in [5.74, 6) is -0.267. The van der Waals surface area contributed by atoms with Crippen molar-refractivity contribution in [2.45, 2.75) is 32.6 Å². The third kappa shape index (κ3) is 4.93. The molecule has 0 N–H and O–H groups in total. The zero-order valence-electron chi connectivity index (χ0n) is 18.6. The second-order valence-corrected chi connectivity index (χ2v) is 10.2. The number of hydrogen-bond acceptors (Lipinski definition) is 5. The number of aromatic nitrogens is 1. The van der Waals surface area contributed by atoms with Gasteiger partial charge in [0.1, 0.15) is 5.00 Å². The van der Waals surface area contributed by atoms with Crippen LogP contribution in [-0.2, 0) is 17.6 Å². The van der Waals surface area contributed by atoms with Crippen LogP contribution < -0.4 is 4.80 Å². The van der Waals surface area contributed by atoms with Crippen LogP contribution in [0.5, 0.6) is 0 Å². The fourth-order valence-electron chi connectivity index (χ4n) is 4.17. The van der Waals surface area contributed by atoms with E-state index in [1.54, 1.807) is 22.7 Å². The number of fused-ring (bicyclic) bond motifs is 1. The summed E-state index contributed by atoms with van der Waals surface area (Å²) in [5.41, 5.74) is 4.88. The highest BCUT2D eigenvalue weighted by Crippen LogP contribution is 2.40. The summed E-state index contributed by atoms with van der Waals surface area (Å²) in [4.78, 5) is 20.1. The summed E-state index contributed by atoms with van der Waals surface area (Å²) >= 11 is 9.32. The molecule has 2 heterocycles. The van der Waals surface area contributed by atoms with Crippen LogP contribution in [0.25, 0.3) is 16.9 Å². The van der Waals surface area contributed by atoms with Gasteiger partial charge in [-0.25, -0.2) is 9.79 Å². The van der Waals surface area contributed by atoms with Gasteiger partial charge >= 0.3 is 5.97 Å². The second-order valence-electron chi connectivity index (χ2n) is 7.80. The van der Waals surface area contributed by atoms with Gasteiger partial charge in [0.05, 0.1) is 17.9 Å². The van der Waals surface area contributed by atoms with Crippen molar-refractivity contribution < 1.29 is 9.53 Å². The number of thiophene rings is 1. The van der Waals surface area contributed by atoms with Gasteiger partial charge in [0.15, 0.2) is 4.80 Å². The number of nitrogens with zero attached hydrogens (tertiary/aromatic N) is 2. The van der Waals surface area contributed by atoms with E-state index in [1.807, 2.05) is 49.4 Å². The van der Waals surface area contributed by atoms with Crippen LogP contribution in [0.15, 0.2) is 65.0 Å². The maximum atomic E-state index is 12.9. The lowest BCUT2D eigenvalue weighted by Crippen LogP contribution is -2.14. The lowest BCUT2D eigenvalue weighted by molar-refractivity contribution is 0.0526. The molecule has 5 rings (SSSR count). The van der Waals surface area contributed by atoms with Crippen molar-refractivity contribution in [3.8, 4) is 16.9 Å². The van der Waals surface area contributed by atoms with E-state index in [0.717, 1.165) is 58.0 Å². The first-order chi connectivity index (χ1) is 16.2. The van der Waals surface area contributed by atoms with E-state index in [-0.39, 0.29) is 23.0 Å². The molecule has 2 aromatic heterocycles. The number of halogens is 2. The monoisotopic (exact) mass is 574 g/mol. The van der Waals surface area contributed by atoms with Crippen LogP contribution in [0.2, 0.25) is 5.02 Å². The normalized spacial score (nSPS) is 13.3. The molecule has 0 saturated carbocycles. The molecule has 0 spiro atoms. The smallest absolute Gasteiger partial charge is 0.341 e. The van der Waals surface area contributed by atoms with Gasteiger partial charge in [0, 0.05) is 21.0 Å². The summed E-state index contributed by atoms with van der Waals surface area (Å²) in [6, 6.07) is 18.0. The number of esters is 1. The molecular weight excluding hydrogens is 552 g/mol. The predicted octanol–water partition coefficient (Wildman–Crippen LogP) is 7.79. The van der Waals surface area contributed by atoms with E-state index in [1.165, 1.54) is 4.88 Å². The SMILES string of the molecule is Br.CCOC(=O)c1c(/N=c2\scc(-c3ccc(Cl)cc3)n2-c2ccccc2)sc2c1CCCC2. The minimum absolute atomic E-state index is 0. The van der Waals surface area contributed by atoms with E-state index in [9.17, 15) is 4.79 Å². The first kappa shape index (κ1) is 24.9. The molecule has 176 valence electrons. The number of hydrogen-bond donors (Lipinski definition) is 0. The molecule has 2 aromatic carbocycles. The topological polar surface area (TPSA) is 43.6 Å². The van der Waals surface area contributed by atoms with Crippen molar-refractivity contribution in [2.75, 3.05) is 6.61 Å². The molecule has 0 amide bonds. The van der Waals surface area contributed by atoms with E-state index in [4.69, 9.17) is 21.3 Å². The van der Waals surface area contributed by atoms with Crippen molar-refractivity contribution in [3.05, 3.63) is 85.8 Å². The van der Waals surface area contributed by atoms with Gasteiger partial charge in [-0.15, -0.1) is 39.7 Å². The number of carbonyl (C=O) groups excluding carboxylic acids is 1. The number of para-hydroxylation sites is 1. The third-order valence-corrected chi connectivity index (χ3v) is 7.96. The highest BCUT2D eigenvalue weighted by molar-refractivity contribution is 8.93. The van der Waals surface area contributed by atoms with Crippen molar-refractivity contribution in [2.24, 2.45) is 4.99 Å². The summed E-state index contributed by atoms with van der Waals surface area (Å²) in [5, 5.41) is 3.55. The van der Waals surface area contributed by atoms with E-state index >= 15 is 0 Å². The molecule has 1 aliphatic carbocycles. The first-order valence-corrected chi connectivity index (χ1v) is 13.1. The molecule has 0 saturated heterocycles. The fourth-order valence-corrected chi connectivity index (χ4v) is 6.51. The van der Waals surface area contributed by atoms with Crippen LogP contribution in [0.1, 0.15) is 40.6 Å². The molecule has 8 heteroatoms. The molecule has 0 bridgehead atoms. The first-order valence-electron chi connectivity index (χ1n) is 11.0.